The lowest BCUT2D eigenvalue weighted by atomic mass is 10.1. The number of piperazine rings is 1. The van der Waals surface area contributed by atoms with Crippen LogP contribution in [0.15, 0.2) is 46.2 Å². The monoisotopic (exact) mass is 536 g/mol. The van der Waals surface area contributed by atoms with Gasteiger partial charge in [0.25, 0.3) is 0 Å². The highest BCUT2D eigenvalue weighted by Crippen LogP contribution is 2.16. The zero-order chi connectivity index (χ0) is 20.8. The highest BCUT2D eigenvalue weighted by Gasteiger charge is 2.20. The average molecular weight is 536 g/mol. The Balaban J connectivity index is 0.00000272. The van der Waals surface area contributed by atoms with Crippen LogP contribution in [0.2, 0.25) is 0 Å². The fraction of sp³-hybridized carbons (Fsp3) is 0.429. The van der Waals surface area contributed by atoms with E-state index in [4.69, 9.17) is 9.52 Å². The van der Waals surface area contributed by atoms with Crippen LogP contribution in [0, 0.1) is 6.92 Å². The molecule has 3 heterocycles. The molecule has 1 aromatic carbocycles. The van der Waals surface area contributed by atoms with Gasteiger partial charge in [-0.1, -0.05) is 23.4 Å². The van der Waals surface area contributed by atoms with Gasteiger partial charge in [-0.05, 0) is 25.5 Å². The molecule has 9 nitrogen and oxygen atoms in total. The first-order valence-corrected chi connectivity index (χ1v) is 10.3. The van der Waals surface area contributed by atoms with Gasteiger partial charge in [-0.15, -0.1) is 24.0 Å². The van der Waals surface area contributed by atoms with Crippen molar-refractivity contribution in [3.05, 3.63) is 53.7 Å². The number of rotatable bonds is 6. The summed E-state index contributed by atoms with van der Waals surface area (Å²) in [5.41, 5.74) is 3.15. The van der Waals surface area contributed by atoms with Gasteiger partial charge in [0.1, 0.15) is 12.1 Å². The van der Waals surface area contributed by atoms with Gasteiger partial charge in [-0.2, -0.15) is 5.10 Å². The van der Waals surface area contributed by atoms with E-state index in [1.165, 1.54) is 6.33 Å². The van der Waals surface area contributed by atoms with Gasteiger partial charge in [0.15, 0.2) is 11.8 Å². The van der Waals surface area contributed by atoms with E-state index in [0.29, 0.717) is 6.54 Å². The van der Waals surface area contributed by atoms with Crippen LogP contribution in [0.1, 0.15) is 23.9 Å². The molecule has 2 N–H and O–H groups in total. The molecule has 1 aliphatic heterocycles. The summed E-state index contributed by atoms with van der Waals surface area (Å²) < 4.78 is 5.18. The van der Waals surface area contributed by atoms with Gasteiger partial charge in [0.2, 0.25) is 0 Å². The van der Waals surface area contributed by atoms with E-state index in [0.717, 1.165) is 73.6 Å². The number of aromatic amines is 1. The quantitative estimate of drug-likeness (QED) is 0.284. The van der Waals surface area contributed by atoms with E-state index in [-0.39, 0.29) is 24.0 Å². The lowest BCUT2D eigenvalue weighted by Gasteiger charge is -2.36. The van der Waals surface area contributed by atoms with Gasteiger partial charge in [-0.3, -0.25) is 10.00 Å². The molecule has 0 bridgehead atoms. The van der Waals surface area contributed by atoms with Crippen LogP contribution in [0.5, 0.6) is 0 Å². The van der Waals surface area contributed by atoms with Crippen molar-refractivity contribution < 1.29 is 4.52 Å². The molecule has 1 aliphatic rings. The van der Waals surface area contributed by atoms with Crippen LogP contribution in [0.25, 0.3) is 11.4 Å². The molecule has 0 radical (unpaired) electrons. The van der Waals surface area contributed by atoms with Crippen LogP contribution in [0.3, 0.4) is 0 Å². The Bertz CT molecular complexity index is 963. The standard InChI is InChI=1S/C21H28N8O.HI/c1-3-22-21(23-13-17-5-4-6-18(12-17)20-24-15-25-26-20)29-9-7-28(8-10-29)14-19-11-16(2)30-27-19;/h4-6,11-12,15H,3,7-10,13-14H2,1-2H3,(H,22,23)(H,24,25,26);1H. The molecule has 0 unspecified atom stereocenters. The van der Waals surface area contributed by atoms with Crippen LogP contribution >= 0.6 is 24.0 Å². The molecule has 4 rings (SSSR count). The maximum absolute atomic E-state index is 5.18. The van der Waals surface area contributed by atoms with Gasteiger partial charge >= 0.3 is 0 Å². The van der Waals surface area contributed by atoms with Crippen molar-refractivity contribution in [1.82, 2.24) is 35.5 Å². The first-order chi connectivity index (χ1) is 14.7. The predicted molar refractivity (Wildman–Crippen MR) is 130 cm³/mol. The number of hydrogen-bond acceptors (Lipinski definition) is 6. The molecule has 0 atom stereocenters. The van der Waals surface area contributed by atoms with Crippen molar-refractivity contribution in [3.63, 3.8) is 0 Å². The SMILES string of the molecule is CCNC(=NCc1cccc(-c2ncn[nH]2)c1)N1CCN(Cc2cc(C)on2)CC1.I. The van der Waals surface area contributed by atoms with E-state index in [2.05, 4.69) is 54.5 Å². The van der Waals surface area contributed by atoms with E-state index in [9.17, 15) is 0 Å². The summed E-state index contributed by atoms with van der Waals surface area (Å²) in [4.78, 5) is 13.8. The van der Waals surface area contributed by atoms with Crippen LogP contribution in [-0.4, -0.2) is 68.8 Å². The second-order valence-corrected chi connectivity index (χ2v) is 7.40. The van der Waals surface area contributed by atoms with Gasteiger partial charge < -0.3 is 14.7 Å². The fourth-order valence-corrected chi connectivity index (χ4v) is 3.59. The fourth-order valence-electron chi connectivity index (χ4n) is 3.59. The molecule has 166 valence electrons. The Kier molecular flexibility index (Phi) is 8.41. The van der Waals surface area contributed by atoms with Gasteiger partial charge in [-0.25, -0.2) is 9.98 Å². The second kappa shape index (κ2) is 11.2. The predicted octanol–water partition coefficient (Wildman–Crippen LogP) is 2.67. The lowest BCUT2D eigenvalue weighted by Crippen LogP contribution is -2.52. The largest absolute Gasteiger partial charge is 0.361 e. The lowest BCUT2D eigenvalue weighted by molar-refractivity contribution is 0.169. The minimum Gasteiger partial charge on any atom is -0.361 e. The summed E-state index contributed by atoms with van der Waals surface area (Å²) in [6, 6.07) is 10.2. The number of aromatic nitrogens is 4. The first-order valence-electron chi connectivity index (χ1n) is 10.3. The zero-order valence-corrected chi connectivity index (χ0v) is 20.2. The zero-order valence-electron chi connectivity index (χ0n) is 17.9. The van der Waals surface area contributed by atoms with E-state index in [1.807, 2.05) is 25.1 Å². The summed E-state index contributed by atoms with van der Waals surface area (Å²) in [6.07, 6.45) is 1.52. The van der Waals surface area contributed by atoms with Gasteiger partial charge in [0.05, 0.1) is 12.2 Å². The third-order valence-electron chi connectivity index (χ3n) is 5.10. The third kappa shape index (κ3) is 6.26. The molecule has 0 spiro atoms. The number of nitrogens with zero attached hydrogens (tertiary/aromatic N) is 6. The van der Waals surface area contributed by atoms with Crippen molar-refractivity contribution >= 4 is 29.9 Å². The summed E-state index contributed by atoms with van der Waals surface area (Å²) in [5, 5.41) is 14.4. The van der Waals surface area contributed by atoms with Gasteiger partial charge in [0, 0.05) is 50.9 Å². The minimum atomic E-state index is 0. The molecule has 1 saturated heterocycles. The maximum atomic E-state index is 5.18. The van der Waals surface area contributed by atoms with E-state index >= 15 is 0 Å². The molecule has 31 heavy (non-hydrogen) atoms. The Hall–Kier alpha value is -2.47. The topological polar surface area (TPSA) is 98.5 Å². The average Bonchev–Trinajstić information content (AvgIpc) is 3.44. The summed E-state index contributed by atoms with van der Waals surface area (Å²) in [6.45, 7) is 10.1. The molecule has 3 aromatic rings. The number of benzene rings is 1. The molecule has 0 aliphatic carbocycles. The minimum absolute atomic E-state index is 0. The summed E-state index contributed by atoms with van der Waals surface area (Å²) in [7, 11) is 0. The molecular formula is C21H29IN8O. The second-order valence-electron chi connectivity index (χ2n) is 7.40. The number of guanidine groups is 1. The summed E-state index contributed by atoms with van der Waals surface area (Å²) in [5.74, 6) is 2.59. The van der Waals surface area contributed by atoms with Crippen LogP contribution < -0.4 is 5.32 Å². The Morgan fingerprint density at radius 3 is 2.74 bits per heavy atom. The molecule has 2 aromatic heterocycles. The molecule has 0 saturated carbocycles. The number of halogens is 1. The molecule has 1 fully saturated rings. The van der Waals surface area contributed by atoms with E-state index < -0.39 is 0 Å². The molecule has 0 amide bonds. The van der Waals surface area contributed by atoms with Crippen LogP contribution in [0.4, 0.5) is 0 Å². The highest BCUT2D eigenvalue weighted by molar-refractivity contribution is 14.0. The van der Waals surface area contributed by atoms with Crippen molar-refractivity contribution in [2.45, 2.75) is 26.9 Å². The smallest absolute Gasteiger partial charge is 0.194 e. The highest BCUT2D eigenvalue weighted by atomic mass is 127. The van der Waals surface area contributed by atoms with Crippen LogP contribution in [-0.2, 0) is 13.1 Å². The number of nitrogens with one attached hydrogen (secondary N) is 2. The Morgan fingerprint density at radius 2 is 2.06 bits per heavy atom. The number of hydrogen-bond donors (Lipinski definition) is 2. The first kappa shape index (κ1) is 23.2. The number of H-pyrrole nitrogens is 1. The summed E-state index contributed by atoms with van der Waals surface area (Å²) >= 11 is 0. The number of aliphatic imine (C=N–C) groups is 1. The van der Waals surface area contributed by atoms with E-state index in [1.54, 1.807) is 0 Å². The number of aryl methyl sites for hydroxylation is 1. The molecular weight excluding hydrogens is 507 g/mol. The third-order valence-corrected chi connectivity index (χ3v) is 5.10. The normalized spacial score (nSPS) is 15.0. The maximum Gasteiger partial charge on any atom is 0.194 e. The molecule has 10 heteroatoms. The van der Waals surface area contributed by atoms with Crippen molar-refractivity contribution in [2.24, 2.45) is 4.99 Å². The Labute approximate surface area is 199 Å². The Morgan fingerprint density at radius 1 is 1.23 bits per heavy atom. The van der Waals surface area contributed by atoms with Crippen molar-refractivity contribution in [3.8, 4) is 11.4 Å². The van der Waals surface area contributed by atoms with Crippen molar-refractivity contribution in [1.29, 1.82) is 0 Å². The van der Waals surface area contributed by atoms with Crippen molar-refractivity contribution in [2.75, 3.05) is 32.7 Å².